The van der Waals surface area contributed by atoms with Crippen molar-refractivity contribution in [3.8, 4) is 0 Å². The Morgan fingerprint density at radius 1 is 1.67 bits per heavy atom. The highest BCUT2D eigenvalue weighted by Crippen LogP contribution is 2.09. The fourth-order valence-corrected chi connectivity index (χ4v) is 1.10. The van der Waals surface area contributed by atoms with Gasteiger partial charge in [0, 0.05) is 11.3 Å². The topological polar surface area (TPSA) is 12.4 Å². The van der Waals surface area contributed by atoms with Crippen LogP contribution in [0.2, 0.25) is 0 Å². The fraction of sp³-hybridized carbons (Fsp3) is 0.429. The van der Waals surface area contributed by atoms with Gasteiger partial charge in [0.2, 0.25) is 0 Å². The van der Waals surface area contributed by atoms with Crippen molar-refractivity contribution in [1.82, 2.24) is 0 Å². The molecule has 0 fully saturated rings. The van der Waals surface area contributed by atoms with Gasteiger partial charge in [-0.1, -0.05) is 0 Å². The summed E-state index contributed by atoms with van der Waals surface area (Å²) in [5.74, 6) is 0.953. The first-order chi connectivity index (χ1) is 4.30. The van der Waals surface area contributed by atoms with Gasteiger partial charge in [0.05, 0.1) is 5.71 Å². The molecule has 2 heteroatoms. The Kier molecular flexibility index (Phi) is 2.15. The maximum absolute atomic E-state index is 4.21. The summed E-state index contributed by atoms with van der Waals surface area (Å²) < 4.78 is 4.21. The molecule has 1 heterocycles. The minimum atomic E-state index is 0.953. The maximum Gasteiger partial charge on any atom is 0.0561 e. The largest absolute Gasteiger partial charge is 0.220 e. The van der Waals surface area contributed by atoms with Crippen molar-refractivity contribution in [2.75, 3.05) is 5.75 Å². The van der Waals surface area contributed by atoms with Crippen molar-refractivity contribution in [3.63, 3.8) is 0 Å². The van der Waals surface area contributed by atoms with Crippen LogP contribution in [0.1, 0.15) is 13.8 Å². The van der Waals surface area contributed by atoms with E-state index in [1.165, 1.54) is 0 Å². The number of hydrogen-bond acceptors (Lipinski definition) is 2. The second kappa shape index (κ2) is 2.90. The van der Waals surface area contributed by atoms with E-state index in [1.807, 2.05) is 19.9 Å². The monoisotopic (exact) mass is 139 g/mol. The summed E-state index contributed by atoms with van der Waals surface area (Å²) in [4.78, 5) is 0. The van der Waals surface area contributed by atoms with Crippen LogP contribution in [0, 0.1) is 0 Å². The zero-order valence-corrected chi connectivity index (χ0v) is 6.46. The lowest BCUT2D eigenvalue weighted by atomic mass is 10.2. The molecule has 0 aromatic carbocycles. The quantitative estimate of drug-likeness (QED) is 0.370. The second-order valence-corrected chi connectivity index (χ2v) is 2.72. The highest BCUT2D eigenvalue weighted by molar-refractivity contribution is 7.98. The SMILES string of the molecule is CC1=C=CCSN=C1C. The molecule has 0 radical (unpaired) electrons. The lowest BCUT2D eigenvalue weighted by Gasteiger charge is -1.90. The van der Waals surface area contributed by atoms with Crippen LogP contribution in [-0.2, 0) is 0 Å². The molecule has 0 N–H and O–H groups in total. The average Bonchev–Trinajstić information content (AvgIpc) is 1.99. The van der Waals surface area contributed by atoms with Crippen molar-refractivity contribution in [3.05, 3.63) is 17.4 Å². The second-order valence-electron chi connectivity index (χ2n) is 1.95. The molecule has 9 heavy (non-hydrogen) atoms. The first-order valence-corrected chi connectivity index (χ1v) is 3.83. The standard InChI is InChI=1S/C7H9NS/c1-6-4-3-5-9-8-7(6)2/h3H,5H2,1-2H3. The molecule has 1 aliphatic heterocycles. The lowest BCUT2D eigenvalue weighted by Crippen LogP contribution is -1.87. The fourth-order valence-electron chi connectivity index (χ4n) is 0.539. The van der Waals surface area contributed by atoms with E-state index in [0.29, 0.717) is 0 Å². The zero-order valence-electron chi connectivity index (χ0n) is 5.64. The minimum Gasteiger partial charge on any atom is -0.220 e. The molecule has 0 unspecified atom stereocenters. The molecule has 0 atom stereocenters. The van der Waals surface area contributed by atoms with Gasteiger partial charge in [-0.15, -0.1) is 5.73 Å². The highest BCUT2D eigenvalue weighted by Gasteiger charge is 1.94. The van der Waals surface area contributed by atoms with Crippen LogP contribution < -0.4 is 0 Å². The summed E-state index contributed by atoms with van der Waals surface area (Å²) in [7, 11) is 0. The Bertz CT molecular complexity index is 197. The van der Waals surface area contributed by atoms with Gasteiger partial charge >= 0.3 is 0 Å². The Hall–Kier alpha value is -0.460. The molecule has 1 aliphatic rings. The third kappa shape index (κ3) is 1.74. The van der Waals surface area contributed by atoms with Crippen molar-refractivity contribution in [1.29, 1.82) is 0 Å². The summed E-state index contributed by atoms with van der Waals surface area (Å²) in [6.07, 6.45) is 2.01. The van der Waals surface area contributed by atoms with E-state index in [9.17, 15) is 0 Å². The van der Waals surface area contributed by atoms with Gasteiger partial charge in [-0.25, -0.2) is 4.40 Å². The van der Waals surface area contributed by atoms with E-state index >= 15 is 0 Å². The van der Waals surface area contributed by atoms with E-state index in [0.717, 1.165) is 17.0 Å². The van der Waals surface area contributed by atoms with Crippen LogP contribution in [0.5, 0.6) is 0 Å². The van der Waals surface area contributed by atoms with Crippen molar-refractivity contribution < 1.29 is 0 Å². The predicted molar refractivity (Wildman–Crippen MR) is 42.8 cm³/mol. The van der Waals surface area contributed by atoms with Crippen LogP contribution in [0.4, 0.5) is 0 Å². The Morgan fingerprint density at radius 2 is 2.44 bits per heavy atom. The Morgan fingerprint density at radius 3 is 3.22 bits per heavy atom. The molecular weight excluding hydrogens is 130 g/mol. The van der Waals surface area contributed by atoms with Crippen LogP contribution in [0.3, 0.4) is 0 Å². The Balaban J connectivity index is 2.93. The third-order valence-electron chi connectivity index (χ3n) is 1.22. The molecule has 0 aromatic heterocycles. The first kappa shape index (κ1) is 6.66. The summed E-state index contributed by atoms with van der Waals surface area (Å²) >= 11 is 1.58. The smallest absolute Gasteiger partial charge is 0.0561 e. The van der Waals surface area contributed by atoms with E-state index in [1.54, 1.807) is 11.9 Å². The van der Waals surface area contributed by atoms with Crippen LogP contribution in [0.25, 0.3) is 0 Å². The summed E-state index contributed by atoms with van der Waals surface area (Å²) in [6.45, 7) is 4.04. The lowest BCUT2D eigenvalue weighted by molar-refractivity contribution is 1.56. The molecule has 0 spiro atoms. The molecule has 0 saturated carbocycles. The van der Waals surface area contributed by atoms with Crippen molar-refractivity contribution >= 4 is 17.7 Å². The van der Waals surface area contributed by atoms with Gasteiger partial charge in [0.1, 0.15) is 0 Å². The van der Waals surface area contributed by atoms with Gasteiger partial charge in [-0.2, -0.15) is 0 Å². The predicted octanol–water partition coefficient (Wildman–Crippen LogP) is 2.21. The van der Waals surface area contributed by atoms with Gasteiger partial charge in [0.15, 0.2) is 0 Å². The van der Waals surface area contributed by atoms with Gasteiger partial charge in [-0.05, 0) is 31.9 Å². The molecule has 0 aromatic rings. The molecule has 0 bridgehead atoms. The van der Waals surface area contributed by atoms with E-state index in [4.69, 9.17) is 0 Å². The van der Waals surface area contributed by atoms with Crippen molar-refractivity contribution in [2.24, 2.45) is 4.40 Å². The summed E-state index contributed by atoms with van der Waals surface area (Å²) in [5, 5.41) is 0. The van der Waals surface area contributed by atoms with E-state index < -0.39 is 0 Å². The molecule has 48 valence electrons. The molecule has 0 amide bonds. The summed E-state index contributed by atoms with van der Waals surface area (Å²) in [5.41, 5.74) is 5.38. The third-order valence-corrected chi connectivity index (χ3v) is 1.94. The normalized spacial score (nSPS) is 18.4. The average molecular weight is 139 g/mol. The number of rotatable bonds is 0. The molecule has 0 saturated heterocycles. The van der Waals surface area contributed by atoms with Crippen LogP contribution in [-0.4, -0.2) is 11.5 Å². The van der Waals surface area contributed by atoms with Gasteiger partial charge < -0.3 is 0 Å². The van der Waals surface area contributed by atoms with Crippen LogP contribution >= 0.6 is 11.9 Å². The zero-order chi connectivity index (χ0) is 6.69. The van der Waals surface area contributed by atoms with E-state index in [2.05, 4.69) is 10.1 Å². The number of hydrogen-bond donors (Lipinski definition) is 0. The highest BCUT2D eigenvalue weighted by atomic mass is 32.2. The Labute approximate surface area is 59.7 Å². The van der Waals surface area contributed by atoms with E-state index in [-0.39, 0.29) is 0 Å². The molecule has 1 nitrogen and oxygen atoms in total. The summed E-state index contributed by atoms with van der Waals surface area (Å²) in [6, 6.07) is 0. The molecule has 0 aliphatic carbocycles. The number of nitrogens with zero attached hydrogens (tertiary/aromatic N) is 1. The molecular formula is C7H9NS. The van der Waals surface area contributed by atoms with Gasteiger partial charge in [-0.3, -0.25) is 0 Å². The van der Waals surface area contributed by atoms with Crippen LogP contribution in [0.15, 0.2) is 21.8 Å². The minimum absolute atomic E-state index is 0.953. The maximum atomic E-state index is 4.21. The van der Waals surface area contributed by atoms with Crippen molar-refractivity contribution in [2.45, 2.75) is 13.8 Å². The first-order valence-electron chi connectivity index (χ1n) is 2.89. The van der Waals surface area contributed by atoms with Gasteiger partial charge in [0.25, 0.3) is 0 Å². The molecule has 1 rings (SSSR count).